The maximum Gasteiger partial charge on any atom is 0.253 e. The summed E-state index contributed by atoms with van der Waals surface area (Å²) in [5.74, 6) is 0.162. The molecule has 2 aliphatic rings. The zero-order valence-electron chi connectivity index (χ0n) is 14.5. The molecule has 1 aromatic rings. The Hall–Kier alpha value is -1.56. The molecule has 2 heterocycles. The molecule has 0 radical (unpaired) electrons. The van der Waals surface area contributed by atoms with Crippen LogP contribution in [0.5, 0.6) is 0 Å². The third-order valence-electron chi connectivity index (χ3n) is 5.04. The molecule has 132 valence electrons. The standard InChI is InChI=1S/C18H26N2O3S/c1-3-24(22,23)20-14(2)12-16-13-15(8-9-17(16)20)18(21)19-10-6-4-5-7-11-19/h8-9,13-14H,3-7,10-12H2,1-2H3/t14-/m0/s1. The molecular weight excluding hydrogens is 324 g/mol. The highest BCUT2D eigenvalue weighted by Crippen LogP contribution is 2.35. The van der Waals surface area contributed by atoms with Gasteiger partial charge >= 0.3 is 0 Å². The normalized spacial score (nSPS) is 21.5. The number of likely N-dealkylation sites (tertiary alicyclic amines) is 1. The largest absolute Gasteiger partial charge is 0.339 e. The molecule has 1 fully saturated rings. The van der Waals surface area contributed by atoms with E-state index in [1.807, 2.05) is 17.9 Å². The topological polar surface area (TPSA) is 57.7 Å². The van der Waals surface area contributed by atoms with Crippen molar-refractivity contribution in [2.75, 3.05) is 23.1 Å². The Bertz CT molecular complexity index is 722. The number of carbonyl (C=O) groups excluding carboxylic acids is 1. The lowest BCUT2D eigenvalue weighted by Crippen LogP contribution is -2.36. The van der Waals surface area contributed by atoms with Crippen LogP contribution in [0, 0.1) is 0 Å². The summed E-state index contributed by atoms with van der Waals surface area (Å²) in [5, 5.41) is 0. The van der Waals surface area contributed by atoms with Crippen molar-refractivity contribution in [2.45, 2.75) is 52.0 Å². The molecular formula is C18H26N2O3S. The summed E-state index contributed by atoms with van der Waals surface area (Å²) in [6, 6.07) is 5.39. The number of sulfonamides is 1. The van der Waals surface area contributed by atoms with E-state index in [4.69, 9.17) is 0 Å². The molecule has 6 heteroatoms. The minimum atomic E-state index is -3.28. The van der Waals surface area contributed by atoms with E-state index in [1.165, 1.54) is 17.1 Å². The Labute approximate surface area is 144 Å². The molecule has 5 nitrogen and oxygen atoms in total. The molecule has 3 rings (SSSR count). The van der Waals surface area contributed by atoms with Crippen molar-refractivity contribution < 1.29 is 13.2 Å². The van der Waals surface area contributed by atoms with Gasteiger partial charge in [0.15, 0.2) is 0 Å². The van der Waals surface area contributed by atoms with Gasteiger partial charge in [-0.15, -0.1) is 0 Å². The Morgan fingerprint density at radius 3 is 2.46 bits per heavy atom. The minimum Gasteiger partial charge on any atom is -0.339 e. The highest BCUT2D eigenvalue weighted by Gasteiger charge is 2.34. The molecule has 0 unspecified atom stereocenters. The van der Waals surface area contributed by atoms with Crippen LogP contribution >= 0.6 is 0 Å². The SMILES string of the molecule is CCS(=O)(=O)N1c2ccc(C(=O)N3CCCCCC3)cc2C[C@@H]1C. The van der Waals surface area contributed by atoms with Gasteiger partial charge in [-0.05, 0) is 56.9 Å². The molecule has 1 saturated heterocycles. The van der Waals surface area contributed by atoms with Crippen LogP contribution in [0.25, 0.3) is 0 Å². The second kappa shape index (κ2) is 6.75. The van der Waals surface area contributed by atoms with Crippen LogP contribution in [0.3, 0.4) is 0 Å². The molecule has 0 spiro atoms. The molecule has 1 amide bonds. The lowest BCUT2D eigenvalue weighted by atomic mass is 10.1. The molecule has 1 aromatic carbocycles. The van der Waals surface area contributed by atoms with E-state index in [1.54, 1.807) is 19.1 Å². The summed E-state index contributed by atoms with van der Waals surface area (Å²) in [4.78, 5) is 14.7. The molecule has 0 bridgehead atoms. The zero-order valence-corrected chi connectivity index (χ0v) is 15.3. The van der Waals surface area contributed by atoms with Crippen molar-refractivity contribution in [3.05, 3.63) is 29.3 Å². The maximum absolute atomic E-state index is 12.8. The van der Waals surface area contributed by atoms with Crippen molar-refractivity contribution in [3.63, 3.8) is 0 Å². The van der Waals surface area contributed by atoms with Crippen molar-refractivity contribution >= 4 is 21.6 Å². The predicted octanol–water partition coefficient (Wildman–Crippen LogP) is 2.80. The number of fused-ring (bicyclic) bond motifs is 1. The lowest BCUT2D eigenvalue weighted by molar-refractivity contribution is 0.0761. The molecule has 24 heavy (non-hydrogen) atoms. The first kappa shape index (κ1) is 17.3. The molecule has 0 aromatic heterocycles. The molecule has 2 aliphatic heterocycles. The number of anilines is 1. The minimum absolute atomic E-state index is 0.0733. The fourth-order valence-corrected chi connectivity index (χ4v) is 5.13. The maximum atomic E-state index is 12.8. The van der Waals surface area contributed by atoms with Gasteiger partial charge in [0.1, 0.15) is 0 Å². The van der Waals surface area contributed by atoms with Crippen LogP contribution in [0.2, 0.25) is 0 Å². The Morgan fingerprint density at radius 2 is 1.83 bits per heavy atom. The van der Waals surface area contributed by atoms with Crippen molar-refractivity contribution in [2.24, 2.45) is 0 Å². The lowest BCUT2D eigenvalue weighted by Gasteiger charge is -2.24. The van der Waals surface area contributed by atoms with Crippen LogP contribution in [-0.2, 0) is 16.4 Å². The summed E-state index contributed by atoms with van der Waals surface area (Å²) >= 11 is 0. The van der Waals surface area contributed by atoms with Crippen molar-refractivity contribution in [3.8, 4) is 0 Å². The Kier molecular flexibility index (Phi) is 4.85. The summed E-state index contributed by atoms with van der Waals surface area (Å²) in [6.07, 6.45) is 5.17. The van der Waals surface area contributed by atoms with Gasteiger partial charge in [0, 0.05) is 24.7 Å². The van der Waals surface area contributed by atoms with Crippen LogP contribution < -0.4 is 4.31 Å². The van der Waals surface area contributed by atoms with E-state index in [2.05, 4.69) is 0 Å². The summed E-state index contributed by atoms with van der Waals surface area (Å²) in [7, 11) is -3.28. The fraction of sp³-hybridized carbons (Fsp3) is 0.611. The van der Waals surface area contributed by atoms with Crippen LogP contribution in [-0.4, -0.2) is 44.1 Å². The Balaban J connectivity index is 1.87. The van der Waals surface area contributed by atoms with E-state index in [0.717, 1.165) is 37.2 Å². The number of nitrogens with zero attached hydrogens (tertiary/aromatic N) is 2. The first-order valence-corrected chi connectivity index (χ1v) is 10.5. The number of rotatable bonds is 3. The van der Waals surface area contributed by atoms with Gasteiger partial charge in [0.05, 0.1) is 11.4 Å². The monoisotopic (exact) mass is 350 g/mol. The average molecular weight is 350 g/mol. The summed E-state index contributed by atoms with van der Waals surface area (Å²) in [5.41, 5.74) is 2.37. The van der Waals surface area contributed by atoms with Crippen molar-refractivity contribution in [1.82, 2.24) is 4.90 Å². The smallest absolute Gasteiger partial charge is 0.253 e. The summed E-state index contributed by atoms with van der Waals surface area (Å²) < 4.78 is 26.2. The second-order valence-electron chi connectivity index (χ2n) is 6.80. The van der Waals surface area contributed by atoms with Gasteiger partial charge in [0.25, 0.3) is 5.91 Å². The van der Waals surface area contributed by atoms with E-state index in [0.29, 0.717) is 12.0 Å². The number of carbonyl (C=O) groups is 1. The number of hydrogen-bond acceptors (Lipinski definition) is 3. The summed E-state index contributed by atoms with van der Waals surface area (Å²) in [6.45, 7) is 5.23. The first-order valence-electron chi connectivity index (χ1n) is 8.88. The second-order valence-corrected chi connectivity index (χ2v) is 8.93. The average Bonchev–Trinajstić information content (AvgIpc) is 2.74. The molecule has 1 atom stereocenters. The van der Waals surface area contributed by atoms with Gasteiger partial charge in [-0.1, -0.05) is 12.8 Å². The van der Waals surface area contributed by atoms with Crippen molar-refractivity contribution in [1.29, 1.82) is 0 Å². The number of hydrogen-bond donors (Lipinski definition) is 0. The van der Waals surface area contributed by atoms with Crippen LogP contribution in [0.4, 0.5) is 5.69 Å². The van der Waals surface area contributed by atoms with Gasteiger partial charge in [0.2, 0.25) is 10.0 Å². The van der Waals surface area contributed by atoms with E-state index < -0.39 is 10.0 Å². The molecule has 0 aliphatic carbocycles. The Morgan fingerprint density at radius 1 is 1.17 bits per heavy atom. The van der Waals surface area contributed by atoms with Gasteiger partial charge < -0.3 is 4.90 Å². The van der Waals surface area contributed by atoms with Crippen LogP contribution in [0.15, 0.2) is 18.2 Å². The van der Waals surface area contributed by atoms with E-state index in [9.17, 15) is 13.2 Å². The van der Waals surface area contributed by atoms with Gasteiger partial charge in [-0.3, -0.25) is 9.10 Å². The van der Waals surface area contributed by atoms with Gasteiger partial charge in [-0.25, -0.2) is 8.42 Å². The third-order valence-corrected chi connectivity index (χ3v) is 6.92. The quantitative estimate of drug-likeness (QED) is 0.842. The third kappa shape index (κ3) is 3.16. The highest BCUT2D eigenvalue weighted by atomic mass is 32.2. The molecule has 0 saturated carbocycles. The molecule has 0 N–H and O–H groups in total. The first-order chi connectivity index (χ1) is 11.4. The predicted molar refractivity (Wildman–Crippen MR) is 95.9 cm³/mol. The fourth-order valence-electron chi connectivity index (χ4n) is 3.76. The highest BCUT2D eigenvalue weighted by molar-refractivity contribution is 7.92. The zero-order chi connectivity index (χ0) is 17.3. The van der Waals surface area contributed by atoms with Crippen LogP contribution in [0.1, 0.15) is 55.5 Å². The van der Waals surface area contributed by atoms with Gasteiger partial charge in [-0.2, -0.15) is 0 Å². The van der Waals surface area contributed by atoms with E-state index in [-0.39, 0.29) is 17.7 Å². The van der Waals surface area contributed by atoms with E-state index >= 15 is 0 Å². The number of benzene rings is 1. The number of amides is 1.